The molecule has 0 heterocycles. The lowest BCUT2D eigenvalue weighted by molar-refractivity contribution is -0.141. The molecule has 1 rings (SSSR count). The molecule has 4 nitrogen and oxygen atoms in total. The van der Waals surface area contributed by atoms with Gasteiger partial charge >= 0.3 is 5.97 Å². The monoisotopic (exact) mass is 271 g/mol. The molecule has 1 amide bonds. The van der Waals surface area contributed by atoms with E-state index in [1.807, 2.05) is 0 Å². The molecule has 0 unspecified atom stereocenters. The normalized spacial score (nSPS) is 11.9. The largest absolute Gasteiger partial charge is 0.479 e. The summed E-state index contributed by atoms with van der Waals surface area (Å²) in [5.74, 6) is -1.45. The van der Waals surface area contributed by atoms with Crippen molar-refractivity contribution >= 4 is 27.8 Å². The fraction of sp³-hybridized carbons (Fsp3) is 0.200. The summed E-state index contributed by atoms with van der Waals surface area (Å²) in [6, 6.07) is 5.82. The van der Waals surface area contributed by atoms with Gasteiger partial charge in [0.1, 0.15) is 0 Å². The smallest absolute Gasteiger partial charge is 0.330 e. The lowest BCUT2D eigenvalue weighted by atomic mass is 10.1. The van der Waals surface area contributed by atoms with Crippen LogP contribution in [0.2, 0.25) is 0 Å². The van der Waals surface area contributed by atoms with E-state index in [4.69, 9.17) is 5.11 Å². The van der Waals surface area contributed by atoms with Crippen LogP contribution >= 0.6 is 15.9 Å². The zero-order chi connectivity index (χ0) is 11.4. The molecular weight excluding hydrogens is 262 g/mol. The molecular formula is C10H10BrNO3. The van der Waals surface area contributed by atoms with Gasteiger partial charge in [-0.25, -0.2) is 4.79 Å². The first-order valence-electron chi connectivity index (χ1n) is 4.26. The van der Waals surface area contributed by atoms with Gasteiger partial charge in [0.2, 0.25) is 5.91 Å². The number of hydrogen-bond acceptors (Lipinski definition) is 2. The van der Waals surface area contributed by atoms with Crippen LogP contribution in [0.1, 0.15) is 18.5 Å². The van der Waals surface area contributed by atoms with E-state index in [0.29, 0.717) is 5.56 Å². The van der Waals surface area contributed by atoms with Gasteiger partial charge in [-0.2, -0.15) is 0 Å². The van der Waals surface area contributed by atoms with Gasteiger partial charge in [-0.05, 0) is 17.7 Å². The van der Waals surface area contributed by atoms with Gasteiger partial charge in [0.15, 0.2) is 6.04 Å². The number of benzene rings is 1. The molecule has 0 fully saturated rings. The van der Waals surface area contributed by atoms with Crippen molar-refractivity contribution in [3.8, 4) is 0 Å². The van der Waals surface area contributed by atoms with E-state index in [1.54, 1.807) is 24.3 Å². The van der Waals surface area contributed by atoms with Gasteiger partial charge in [0.25, 0.3) is 0 Å². The molecule has 0 aliphatic rings. The third kappa shape index (κ3) is 3.36. The van der Waals surface area contributed by atoms with E-state index < -0.39 is 12.0 Å². The first-order valence-corrected chi connectivity index (χ1v) is 5.05. The Balaban J connectivity index is 2.98. The minimum Gasteiger partial charge on any atom is -0.479 e. The maximum atomic E-state index is 10.9. The third-order valence-corrected chi connectivity index (χ3v) is 2.27. The van der Waals surface area contributed by atoms with Crippen LogP contribution in [0.4, 0.5) is 0 Å². The maximum absolute atomic E-state index is 10.9. The number of carbonyl (C=O) groups excluding carboxylic acids is 1. The van der Waals surface area contributed by atoms with E-state index in [0.717, 1.165) is 4.47 Å². The van der Waals surface area contributed by atoms with Crippen molar-refractivity contribution in [3.63, 3.8) is 0 Å². The van der Waals surface area contributed by atoms with Crippen molar-refractivity contribution in [3.05, 3.63) is 34.3 Å². The Bertz CT molecular complexity index is 392. The van der Waals surface area contributed by atoms with Crippen molar-refractivity contribution in [2.45, 2.75) is 13.0 Å². The van der Waals surface area contributed by atoms with Gasteiger partial charge in [0.05, 0.1) is 0 Å². The molecule has 0 aliphatic heterocycles. The number of carboxylic acids is 1. The average molecular weight is 272 g/mol. The van der Waals surface area contributed by atoms with Gasteiger partial charge in [-0.3, -0.25) is 4.79 Å². The minimum atomic E-state index is -1.08. The highest BCUT2D eigenvalue weighted by Gasteiger charge is 2.20. The molecule has 15 heavy (non-hydrogen) atoms. The molecule has 0 aliphatic carbocycles. The van der Waals surface area contributed by atoms with Crippen molar-refractivity contribution < 1.29 is 14.7 Å². The summed E-state index contributed by atoms with van der Waals surface area (Å²) in [7, 11) is 0. The van der Waals surface area contributed by atoms with Crippen LogP contribution < -0.4 is 5.32 Å². The molecule has 1 aromatic rings. The highest BCUT2D eigenvalue weighted by Crippen LogP contribution is 2.18. The number of carboxylic acid groups (broad SMARTS) is 1. The van der Waals surface area contributed by atoms with Gasteiger partial charge in [-0.15, -0.1) is 0 Å². The molecule has 5 heteroatoms. The molecule has 1 aromatic carbocycles. The second-order valence-corrected chi connectivity index (χ2v) is 3.94. The summed E-state index contributed by atoms with van der Waals surface area (Å²) in [5, 5.41) is 11.3. The number of halogens is 1. The molecule has 0 spiro atoms. The van der Waals surface area contributed by atoms with Gasteiger partial charge in [-0.1, -0.05) is 28.1 Å². The van der Waals surface area contributed by atoms with Crippen LogP contribution in [0.3, 0.4) is 0 Å². The topological polar surface area (TPSA) is 66.4 Å². The van der Waals surface area contributed by atoms with E-state index in [9.17, 15) is 9.59 Å². The van der Waals surface area contributed by atoms with Crippen LogP contribution in [0, 0.1) is 0 Å². The Hall–Kier alpha value is -1.36. The zero-order valence-electron chi connectivity index (χ0n) is 8.03. The van der Waals surface area contributed by atoms with Gasteiger partial charge in [0, 0.05) is 11.4 Å². The van der Waals surface area contributed by atoms with Crippen LogP contribution in [0.5, 0.6) is 0 Å². The van der Waals surface area contributed by atoms with Gasteiger partial charge < -0.3 is 10.4 Å². The molecule has 0 saturated carbocycles. The average Bonchev–Trinajstić information content (AvgIpc) is 2.13. The fourth-order valence-corrected chi connectivity index (χ4v) is 1.59. The number of nitrogens with one attached hydrogen (secondary N) is 1. The van der Waals surface area contributed by atoms with Crippen molar-refractivity contribution in [1.29, 1.82) is 0 Å². The Morgan fingerprint density at radius 3 is 2.60 bits per heavy atom. The number of carbonyl (C=O) groups is 2. The van der Waals surface area contributed by atoms with E-state index >= 15 is 0 Å². The minimum absolute atomic E-state index is 0.373. The van der Waals surface area contributed by atoms with Crippen LogP contribution in [-0.4, -0.2) is 17.0 Å². The predicted molar refractivity (Wildman–Crippen MR) is 58.3 cm³/mol. The first-order chi connectivity index (χ1) is 7.00. The highest BCUT2D eigenvalue weighted by atomic mass is 79.9. The summed E-state index contributed by atoms with van der Waals surface area (Å²) in [5.41, 5.74) is 0.534. The summed E-state index contributed by atoms with van der Waals surface area (Å²) in [6.07, 6.45) is 0. The zero-order valence-corrected chi connectivity index (χ0v) is 9.61. The van der Waals surface area contributed by atoms with Crippen molar-refractivity contribution in [2.24, 2.45) is 0 Å². The Labute approximate surface area is 95.4 Å². The standard InChI is InChI=1S/C10H10BrNO3/c1-6(13)12-9(10(14)15)7-3-2-4-8(11)5-7/h2-5,9H,1H3,(H,12,13)(H,14,15)/t9-/m1/s1. The Morgan fingerprint density at radius 2 is 2.13 bits per heavy atom. The summed E-state index contributed by atoms with van der Waals surface area (Å²) >= 11 is 3.24. The molecule has 80 valence electrons. The number of rotatable bonds is 3. The number of hydrogen-bond donors (Lipinski definition) is 2. The van der Waals surface area contributed by atoms with Crippen molar-refractivity contribution in [1.82, 2.24) is 5.32 Å². The third-order valence-electron chi connectivity index (χ3n) is 1.78. The molecule has 0 bridgehead atoms. The second-order valence-electron chi connectivity index (χ2n) is 3.03. The lowest BCUT2D eigenvalue weighted by Crippen LogP contribution is -2.31. The lowest BCUT2D eigenvalue weighted by Gasteiger charge is -2.13. The quantitative estimate of drug-likeness (QED) is 0.880. The van der Waals surface area contributed by atoms with Crippen LogP contribution in [-0.2, 0) is 9.59 Å². The number of amides is 1. The number of aliphatic carboxylic acids is 1. The van der Waals surface area contributed by atoms with Crippen LogP contribution in [0.25, 0.3) is 0 Å². The maximum Gasteiger partial charge on any atom is 0.330 e. The van der Waals surface area contributed by atoms with E-state index in [1.165, 1.54) is 6.92 Å². The van der Waals surface area contributed by atoms with Crippen molar-refractivity contribution in [2.75, 3.05) is 0 Å². The summed E-state index contributed by atoms with van der Waals surface area (Å²) in [6.45, 7) is 1.29. The summed E-state index contributed by atoms with van der Waals surface area (Å²) in [4.78, 5) is 21.7. The highest BCUT2D eigenvalue weighted by molar-refractivity contribution is 9.10. The first kappa shape index (κ1) is 11.7. The summed E-state index contributed by atoms with van der Waals surface area (Å²) < 4.78 is 0.775. The van der Waals surface area contributed by atoms with E-state index in [2.05, 4.69) is 21.2 Å². The molecule has 1 atom stereocenters. The SMILES string of the molecule is CC(=O)N[C@@H](C(=O)O)c1cccc(Br)c1. The Kier molecular flexibility index (Phi) is 3.85. The fourth-order valence-electron chi connectivity index (χ4n) is 1.18. The molecule has 2 N–H and O–H groups in total. The molecule has 0 saturated heterocycles. The Morgan fingerprint density at radius 1 is 1.47 bits per heavy atom. The predicted octanol–water partition coefficient (Wildman–Crippen LogP) is 1.71. The molecule has 0 aromatic heterocycles. The van der Waals surface area contributed by atoms with E-state index in [-0.39, 0.29) is 5.91 Å². The van der Waals surface area contributed by atoms with Crippen LogP contribution in [0.15, 0.2) is 28.7 Å². The second kappa shape index (κ2) is 4.93. The molecule has 0 radical (unpaired) electrons.